The minimum Gasteiger partial charge on any atom is -0.464 e. The molecule has 0 bridgehead atoms. The average Bonchev–Trinajstić information content (AvgIpc) is 3.18. The van der Waals surface area contributed by atoms with E-state index in [1.165, 1.54) is 11.1 Å². The molecule has 1 saturated heterocycles. The minimum atomic E-state index is -0.0905. The summed E-state index contributed by atoms with van der Waals surface area (Å²) in [5.41, 5.74) is 4.43. The Balaban J connectivity index is 1.85. The molecule has 4 nitrogen and oxygen atoms in total. The van der Waals surface area contributed by atoms with Crippen LogP contribution < -0.4 is 10.2 Å². The third-order valence-electron chi connectivity index (χ3n) is 4.64. The van der Waals surface area contributed by atoms with Crippen molar-refractivity contribution in [1.29, 1.82) is 0 Å². The molecule has 5 heteroatoms. The number of nitrogens with zero attached hydrogens (tertiary/aromatic N) is 2. The Kier molecular flexibility index (Phi) is 4.24. The summed E-state index contributed by atoms with van der Waals surface area (Å²) in [7, 11) is 0. The molecule has 1 fully saturated rings. The van der Waals surface area contributed by atoms with Gasteiger partial charge in [0.2, 0.25) is 0 Å². The predicted octanol–water partition coefficient (Wildman–Crippen LogP) is 4.78. The lowest BCUT2D eigenvalue weighted by atomic mass is 10.0. The summed E-state index contributed by atoms with van der Waals surface area (Å²) in [6, 6.07) is 16.3. The number of hydrogen-bond acceptors (Lipinski definition) is 3. The first kappa shape index (κ1) is 16.8. The van der Waals surface area contributed by atoms with E-state index in [0.717, 1.165) is 22.9 Å². The Morgan fingerprint density at radius 1 is 1.04 bits per heavy atom. The Morgan fingerprint density at radius 2 is 1.81 bits per heavy atom. The number of nitrogens with one attached hydrogen (secondary N) is 1. The second-order valence-corrected chi connectivity index (χ2v) is 7.18. The molecular formula is C21H21N3OS. The van der Waals surface area contributed by atoms with Crippen LogP contribution in [0.2, 0.25) is 0 Å². The highest BCUT2D eigenvalue weighted by molar-refractivity contribution is 7.80. The smallest absolute Gasteiger partial charge is 0.174 e. The van der Waals surface area contributed by atoms with Crippen molar-refractivity contribution in [3.63, 3.8) is 0 Å². The largest absolute Gasteiger partial charge is 0.464 e. The second kappa shape index (κ2) is 6.57. The molecule has 3 heterocycles. The first-order valence-corrected chi connectivity index (χ1v) is 9.09. The third-order valence-corrected chi connectivity index (χ3v) is 4.95. The van der Waals surface area contributed by atoms with Crippen molar-refractivity contribution < 1.29 is 4.42 Å². The molecule has 1 aliphatic rings. The van der Waals surface area contributed by atoms with Gasteiger partial charge < -0.3 is 14.6 Å². The fourth-order valence-corrected chi connectivity index (χ4v) is 3.97. The van der Waals surface area contributed by atoms with E-state index in [1.807, 2.05) is 43.5 Å². The molecule has 26 heavy (non-hydrogen) atoms. The van der Waals surface area contributed by atoms with Crippen molar-refractivity contribution in [3.8, 4) is 0 Å². The Morgan fingerprint density at radius 3 is 2.42 bits per heavy atom. The highest BCUT2D eigenvalue weighted by Crippen LogP contribution is 2.42. The molecule has 132 valence electrons. The average molecular weight is 363 g/mol. The summed E-state index contributed by atoms with van der Waals surface area (Å²) in [5.74, 6) is 1.77. The number of pyridine rings is 1. The standard InChI is InChI=1S/C21H21N3OS/c1-13-10-14(2)12-16(11-13)24-20(18-8-7-15(3)25-18)19(23-21(24)26)17-6-4-5-9-22-17/h4-12,19-20H,1-3H3,(H,23,26)/t19-,20+/m0/s1. The van der Waals surface area contributed by atoms with Gasteiger partial charge in [-0.3, -0.25) is 4.98 Å². The number of anilines is 1. The molecule has 1 N–H and O–H groups in total. The number of aryl methyl sites for hydroxylation is 3. The maximum Gasteiger partial charge on any atom is 0.174 e. The number of benzene rings is 1. The van der Waals surface area contributed by atoms with E-state index in [4.69, 9.17) is 16.6 Å². The molecule has 0 radical (unpaired) electrons. The number of thiocarbonyl (C=S) groups is 1. The molecule has 0 amide bonds. The van der Waals surface area contributed by atoms with E-state index in [1.54, 1.807) is 0 Å². The van der Waals surface area contributed by atoms with Crippen LogP contribution in [0.15, 0.2) is 59.1 Å². The maximum atomic E-state index is 6.01. The monoisotopic (exact) mass is 363 g/mol. The lowest BCUT2D eigenvalue weighted by Gasteiger charge is -2.26. The second-order valence-electron chi connectivity index (χ2n) is 6.79. The van der Waals surface area contributed by atoms with Crippen molar-refractivity contribution in [2.75, 3.05) is 4.90 Å². The molecule has 0 spiro atoms. The molecule has 2 aromatic heterocycles. The van der Waals surface area contributed by atoms with Gasteiger partial charge in [0.15, 0.2) is 5.11 Å². The van der Waals surface area contributed by atoms with Crippen LogP contribution in [0, 0.1) is 20.8 Å². The first-order chi connectivity index (χ1) is 12.5. The van der Waals surface area contributed by atoms with Crippen LogP contribution in [-0.2, 0) is 0 Å². The van der Waals surface area contributed by atoms with Gasteiger partial charge in [0, 0.05) is 11.9 Å². The zero-order valence-electron chi connectivity index (χ0n) is 15.1. The van der Waals surface area contributed by atoms with Crippen molar-refractivity contribution in [1.82, 2.24) is 10.3 Å². The van der Waals surface area contributed by atoms with E-state index < -0.39 is 0 Å². The summed E-state index contributed by atoms with van der Waals surface area (Å²) >= 11 is 5.72. The van der Waals surface area contributed by atoms with Crippen LogP contribution in [0.3, 0.4) is 0 Å². The zero-order valence-corrected chi connectivity index (χ0v) is 15.9. The van der Waals surface area contributed by atoms with E-state index >= 15 is 0 Å². The number of furan rings is 1. The fourth-order valence-electron chi connectivity index (χ4n) is 3.62. The molecule has 0 saturated carbocycles. The molecule has 4 rings (SSSR count). The molecular weight excluding hydrogens is 342 g/mol. The summed E-state index contributed by atoms with van der Waals surface area (Å²) in [6.45, 7) is 6.16. The highest BCUT2D eigenvalue weighted by atomic mass is 32.1. The SMILES string of the molecule is Cc1cc(C)cc(N2C(=S)N[C@@H](c3ccccn3)[C@H]2c2ccc(C)o2)c1. The van der Waals surface area contributed by atoms with Gasteiger partial charge in [-0.05, 0) is 80.5 Å². The molecule has 1 aromatic carbocycles. The molecule has 1 aliphatic heterocycles. The van der Waals surface area contributed by atoms with Gasteiger partial charge >= 0.3 is 0 Å². The van der Waals surface area contributed by atoms with Crippen molar-refractivity contribution in [3.05, 3.63) is 83.1 Å². The molecule has 3 aromatic rings. The first-order valence-electron chi connectivity index (χ1n) is 8.68. The summed E-state index contributed by atoms with van der Waals surface area (Å²) in [6.07, 6.45) is 1.81. The van der Waals surface area contributed by atoms with Crippen molar-refractivity contribution in [2.24, 2.45) is 0 Å². The van der Waals surface area contributed by atoms with Crippen molar-refractivity contribution in [2.45, 2.75) is 32.9 Å². The molecule has 2 atom stereocenters. The Hall–Kier alpha value is -2.66. The minimum absolute atomic E-state index is 0.0740. The molecule has 0 unspecified atom stereocenters. The van der Waals surface area contributed by atoms with Gasteiger partial charge in [-0.2, -0.15) is 0 Å². The van der Waals surface area contributed by atoms with E-state index in [9.17, 15) is 0 Å². The molecule has 0 aliphatic carbocycles. The Labute approximate surface area is 158 Å². The lowest BCUT2D eigenvalue weighted by molar-refractivity contribution is 0.418. The van der Waals surface area contributed by atoms with Gasteiger partial charge in [0.25, 0.3) is 0 Å². The van der Waals surface area contributed by atoms with Gasteiger partial charge in [-0.15, -0.1) is 0 Å². The van der Waals surface area contributed by atoms with Gasteiger partial charge in [0.05, 0.1) is 11.7 Å². The van der Waals surface area contributed by atoms with Crippen LogP contribution >= 0.6 is 12.2 Å². The number of aromatic nitrogens is 1. The number of rotatable bonds is 3. The van der Waals surface area contributed by atoms with E-state index in [0.29, 0.717) is 5.11 Å². The Bertz CT molecular complexity index is 931. The van der Waals surface area contributed by atoms with E-state index in [-0.39, 0.29) is 12.1 Å². The van der Waals surface area contributed by atoms with Crippen LogP contribution in [0.4, 0.5) is 5.69 Å². The number of hydrogen-bond donors (Lipinski definition) is 1. The highest BCUT2D eigenvalue weighted by Gasteiger charge is 2.42. The van der Waals surface area contributed by atoms with E-state index in [2.05, 4.69) is 47.2 Å². The fraction of sp³-hybridized carbons (Fsp3) is 0.238. The zero-order chi connectivity index (χ0) is 18.3. The maximum absolute atomic E-state index is 6.01. The van der Waals surface area contributed by atoms with Crippen molar-refractivity contribution >= 4 is 23.0 Å². The predicted molar refractivity (Wildman–Crippen MR) is 107 cm³/mol. The normalized spacial score (nSPS) is 19.7. The summed E-state index contributed by atoms with van der Waals surface area (Å²) in [5, 5.41) is 4.14. The van der Waals surface area contributed by atoms with Gasteiger partial charge in [0.1, 0.15) is 17.6 Å². The quantitative estimate of drug-likeness (QED) is 0.679. The lowest BCUT2D eigenvalue weighted by Crippen LogP contribution is -2.29. The van der Waals surface area contributed by atoms with Crippen LogP contribution in [0.1, 0.15) is 40.4 Å². The summed E-state index contributed by atoms with van der Waals surface area (Å²) in [4.78, 5) is 6.70. The van der Waals surface area contributed by atoms with Gasteiger partial charge in [-0.25, -0.2) is 0 Å². The van der Waals surface area contributed by atoms with Crippen LogP contribution in [0.25, 0.3) is 0 Å². The summed E-state index contributed by atoms with van der Waals surface area (Å²) < 4.78 is 6.01. The van der Waals surface area contributed by atoms with Crippen LogP contribution in [0.5, 0.6) is 0 Å². The topological polar surface area (TPSA) is 41.3 Å². The third kappa shape index (κ3) is 2.99. The van der Waals surface area contributed by atoms with Gasteiger partial charge in [-0.1, -0.05) is 12.1 Å². The van der Waals surface area contributed by atoms with Crippen LogP contribution in [-0.4, -0.2) is 10.1 Å².